The van der Waals surface area contributed by atoms with Gasteiger partial charge in [0.05, 0.1) is 10.5 Å². The quantitative estimate of drug-likeness (QED) is 0.867. The van der Waals surface area contributed by atoms with Gasteiger partial charge in [-0.1, -0.05) is 6.07 Å². The molecule has 4 nitrogen and oxygen atoms in total. The third-order valence-electron chi connectivity index (χ3n) is 2.95. The Kier molecular flexibility index (Phi) is 4.19. The van der Waals surface area contributed by atoms with Crippen LogP contribution >= 0.6 is 15.9 Å². The Bertz CT molecular complexity index is 521. The molecule has 2 rings (SSSR count). The highest BCUT2D eigenvalue weighted by Gasteiger charge is 2.33. The minimum atomic E-state index is -0.522. The van der Waals surface area contributed by atoms with Crippen molar-refractivity contribution >= 4 is 27.8 Å². The van der Waals surface area contributed by atoms with Gasteiger partial charge < -0.3 is 10.1 Å². The van der Waals surface area contributed by atoms with Crippen molar-refractivity contribution in [2.75, 3.05) is 0 Å². The molecule has 2 atom stereocenters. The number of hydrogen-bond acceptors (Lipinski definition) is 3. The van der Waals surface area contributed by atoms with Crippen LogP contribution in [0.5, 0.6) is 0 Å². The van der Waals surface area contributed by atoms with E-state index in [4.69, 9.17) is 4.74 Å². The second-order valence-electron chi connectivity index (χ2n) is 4.42. The van der Waals surface area contributed by atoms with E-state index < -0.39 is 18.0 Å². The summed E-state index contributed by atoms with van der Waals surface area (Å²) in [5.41, 5.74) is 0.579. The fourth-order valence-electron chi connectivity index (χ4n) is 2.10. The summed E-state index contributed by atoms with van der Waals surface area (Å²) in [6.45, 7) is 1.37. The van der Waals surface area contributed by atoms with Gasteiger partial charge in [-0.15, -0.1) is 0 Å². The summed E-state index contributed by atoms with van der Waals surface area (Å²) in [4.78, 5) is 22.4. The van der Waals surface area contributed by atoms with Gasteiger partial charge >= 0.3 is 5.97 Å². The molecule has 0 aliphatic carbocycles. The van der Waals surface area contributed by atoms with Gasteiger partial charge in [0.1, 0.15) is 11.9 Å². The third-order valence-corrected chi connectivity index (χ3v) is 3.59. The van der Waals surface area contributed by atoms with E-state index in [1.165, 1.54) is 13.0 Å². The number of ether oxygens (including phenoxy) is 1. The Morgan fingerprint density at radius 3 is 2.84 bits per heavy atom. The summed E-state index contributed by atoms with van der Waals surface area (Å²) in [6, 6.07) is 4.07. The van der Waals surface area contributed by atoms with Crippen molar-refractivity contribution in [1.82, 2.24) is 5.32 Å². The van der Waals surface area contributed by atoms with Gasteiger partial charge in [0, 0.05) is 13.3 Å². The highest BCUT2D eigenvalue weighted by atomic mass is 79.9. The van der Waals surface area contributed by atoms with Gasteiger partial charge in [-0.3, -0.25) is 9.59 Å². The zero-order valence-electron chi connectivity index (χ0n) is 10.3. The number of amides is 1. The van der Waals surface area contributed by atoms with E-state index in [0.717, 1.165) is 0 Å². The maximum absolute atomic E-state index is 13.6. The fraction of sp³-hybridized carbons (Fsp3) is 0.385. The SMILES string of the molecule is CC(=O)NC(c1ccc(Br)c(F)c1)C1CCC(=O)O1. The minimum Gasteiger partial charge on any atom is -0.460 e. The van der Waals surface area contributed by atoms with Gasteiger partial charge in [-0.2, -0.15) is 0 Å². The number of esters is 1. The summed E-state index contributed by atoms with van der Waals surface area (Å²) in [6.07, 6.45) is 0.387. The first-order chi connectivity index (χ1) is 8.97. The molecular weight excluding hydrogens is 317 g/mol. The lowest BCUT2D eigenvalue weighted by molar-refractivity contribution is -0.143. The predicted molar refractivity (Wildman–Crippen MR) is 69.8 cm³/mol. The number of hydrogen-bond donors (Lipinski definition) is 1. The van der Waals surface area contributed by atoms with E-state index in [1.807, 2.05) is 0 Å². The third kappa shape index (κ3) is 3.32. The zero-order valence-corrected chi connectivity index (χ0v) is 11.9. The molecule has 1 aliphatic heterocycles. The highest BCUT2D eigenvalue weighted by molar-refractivity contribution is 9.10. The predicted octanol–water partition coefficient (Wildman–Crippen LogP) is 2.47. The zero-order chi connectivity index (χ0) is 14.0. The number of cyclic esters (lactones) is 1. The van der Waals surface area contributed by atoms with Gasteiger partial charge in [0.15, 0.2) is 0 Å². The van der Waals surface area contributed by atoms with E-state index >= 15 is 0 Å². The van der Waals surface area contributed by atoms with Crippen molar-refractivity contribution in [2.24, 2.45) is 0 Å². The molecule has 0 spiro atoms. The lowest BCUT2D eigenvalue weighted by atomic mass is 9.99. The molecule has 2 unspecified atom stereocenters. The van der Waals surface area contributed by atoms with Crippen LogP contribution in [-0.4, -0.2) is 18.0 Å². The van der Waals surface area contributed by atoms with Crippen LogP contribution in [0, 0.1) is 5.82 Å². The molecule has 1 aromatic rings. The fourth-order valence-corrected chi connectivity index (χ4v) is 2.34. The number of carbonyl (C=O) groups is 2. The topological polar surface area (TPSA) is 55.4 Å². The molecule has 1 aliphatic rings. The minimum absolute atomic E-state index is 0.253. The van der Waals surface area contributed by atoms with Crippen LogP contribution in [0.15, 0.2) is 22.7 Å². The highest BCUT2D eigenvalue weighted by Crippen LogP contribution is 2.29. The molecule has 0 radical (unpaired) electrons. The van der Waals surface area contributed by atoms with E-state index in [9.17, 15) is 14.0 Å². The maximum atomic E-state index is 13.6. The number of halogens is 2. The summed E-state index contributed by atoms with van der Waals surface area (Å²) in [5.74, 6) is -0.966. The Morgan fingerprint density at radius 1 is 1.58 bits per heavy atom. The molecule has 1 saturated heterocycles. The standard InChI is InChI=1S/C13H13BrFNO3/c1-7(17)16-13(11-4-5-12(18)19-11)8-2-3-9(14)10(15)6-8/h2-3,6,11,13H,4-5H2,1H3,(H,16,17). The second-order valence-corrected chi connectivity index (χ2v) is 5.27. The van der Waals surface area contributed by atoms with Crippen LogP contribution in [0.2, 0.25) is 0 Å². The van der Waals surface area contributed by atoms with Gasteiger partial charge in [0.25, 0.3) is 0 Å². The molecule has 19 heavy (non-hydrogen) atoms. The van der Waals surface area contributed by atoms with Gasteiger partial charge in [-0.05, 0) is 40.0 Å². The molecule has 1 fully saturated rings. The van der Waals surface area contributed by atoms with Crippen molar-refractivity contribution in [3.05, 3.63) is 34.1 Å². The summed E-state index contributed by atoms with van der Waals surface area (Å²) < 4.78 is 19.1. The lowest BCUT2D eigenvalue weighted by Crippen LogP contribution is -2.35. The van der Waals surface area contributed by atoms with Crippen LogP contribution in [0.1, 0.15) is 31.4 Å². The average molecular weight is 330 g/mol. The lowest BCUT2D eigenvalue weighted by Gasteiger charge is -2.23. The van der Waals surface area contributed by atoms with E-state index in [-0.39, 0.29) is 11.9 Å². The molecule has 0 bridgehead atoms. The largest absolute Gasteiger partial charge is 0.460 e. The van der Waals surface area contributed by atoms with E-state index in [1.54, 1.807) is 12.1 Å². The average Bonchev–Trinajstić information content (AvgIpc) is 2.76. The summed E-state index contributed by atoms with van der Waals surface area (Å²) in [5, 5.41) is 2.71. The van der Waals surface area contributed by atoms with Crippen molar-refractivity contribution in [1.29, 1.82) is 0 Å². The van der Waals surface area contributed by atoms with E-state index in [2.05, 4.69) is 21.2 Å². The Morgan fingerprint density at radius 2 is 2.32 bits per heavy atom. The first kappa shape index (κ1) is 14.0. The molecule has 0 aromatic heterocycles. The summed E-state index contributed by atoms with van der Waals surface area (Å²) in [7, 11) is 0. The second kappa shape index (κ2) is 5.69. The molecule has 1 amide bonds. The Labute approximate surface area is 118 Å². The van der Waals surface area contributed by atoms with Crippen LogP contribution < -0.4 is 5.32 Å². The Hall–Kier alpha value is -1.43. The molecule has 1 N–H and O–H groups in total. The molecular formula is C13H13BrFNO3. The van der Waals surface area contributed by atoms with Crippen LogP contribution in [0.3, 0.4) is 0 Å². The number of nitrogens with one attached hydrogen (secondary N) is 1. The summed E-state index contributed by atoms with van der Waals surface area (Å²) >= 11 is 3.07. The number of rotatable bonds is 3. The van der Waals surface area contributed by atoms with Crippen LogP contribution in [0.4, 0.5) is 4.39 Å². The van der Waals surface area contributed by atoms with Crippen LogP contribution in [-0.2, 0) is 14.3 Å². The molecule has 1 heterocycles. The van der Waals surface area contributed by atoms with E-state index in [0.29, 0.717) is 22.9 Å². The van der Waals surface area contributed by atoms with Gasteiger partial charge in [0.2, 0.25) is 5.91 Å². The smallest absolute Gasteiger partial charge is 0.306 e. The first-order valence-electron chi connectivity index (χ1n) is 5.89. The molecule has 1 aromatic carbocycles. The Balaban J connectivity index is 2.28. The maximum Gasteiger partial charge on any atom is 0.306 e. The first-order valence-corrected chi connectivity index (χ1v) is 6.68. The normalized spacial score (nSPS) is 19.9. The van der Waals surface area contributed by atoms with Crippen molar-refractivity contribution in [3.63, 3.8) is 0 Å². The molecule has 102 valence electrons. The van der Waals surface area contributed by atoms with Crippen molar-refractivity contribution < 1.29 is 18.7 Å². The van der Waals surface area contributed by atoms with Gasteiger partial charge in [-0.25, -0.2) is 4.39 Å². The molecule has 0 saturated carbocycles. The van der Waals surface area contributed by atoms with Crippen molar-refractivity contribution in [2.45, 2.75) is 31.9 Å². The number of benzene rings is 1. The number of carbonyl (C=O) groups excluding carboxylic acids is 2. The molecule has 6 heteroatoms. The van der Waals surface area contributed by atoms with Crippen LogP contribution in [0.25, 0.3) is 0 Å². The van der Waals surface area contributed by atoms with Crippen molar-refractivity contribution in [3.8, 4) is 0 Å². The monoisotopic (exact) mass is 329 g/mol.